The lowest BCUT2D eigenvalue weighted by atomic mass is 9.93. The van der Waals surface area contributed by atoms with E-state index in [4.69, 9.17) is 0 Å². The first-order chi connectivity index (χ1) is 15.9. The molecule has 0 bridgehead atoms. The summed E-state index contributed by atoms with van der Waals surface area (Å²) in [5.74, 6) is -1.64. The van der Waals surface area contributed by atoms with Crippen molar-refractivity contribution >= 4 is 34.5 Å². The zero-order valence-electron chi connectivity index (χ0n) is 17.8. The van der Waals surface area contributed by atoms with Gasteiger partial charge in [-0.05, 0) is 30.8 Å². The van der Waals surface area contributed by atoms with Crippen LogP contribution in [0.3, 0.4) is 0 Å². The summed E-state index contributed by atoms with van der Waals surface area (Å²) in [7, 11) is 2.04. The molecule has 0 spiro atoms. The van der Waals surface area contributed by atoms with Crippen LogP contribution in [0.25, 0.3) is 0 Å². The van der Waals surface area contributed by atoms with Crippen molar-refractivity contribution < 1.29 is 18.8 Å². The molecule has 0 radical (unpaired) electrons. The molecule has 2 aromatic heterocycles. The van der Waals surface area contributed by atoms with E-state index in [2.05, 4.69) is 20.2 Å². The Kier molecular flexibility index (Phi) is 5.47. The Morgan fingerprint density at radius 2 is 1.91 bits per heavy atom. The van der Waals surface area contributed by atoms with Gasteiger partial charge < -0.3 is 15.1 Å². The van der Waals surface area contributed by atoms with Crippen molar-refractivity contribution in [2.45, 2.75) is 6.54 Å². The second-order valence-corrected chi connectivity index (χ2v) is 9.03. The molecule has 1 aliphatic carbocycles. The summed E-state index contributed by atoms with van der Waals surface area (Å²) in [5.41, 5.74) is 1.57. The third kappa shape index (κ3) is 3.91. The van der Waals surface area contributed by atoms with Crippen LogP contribution in [0.15, 0.2) is 36.7 Å². The normalized spacial score (nSPS) is 15.9. The van der Waals surface area contributed by atoms with Crippen LogP contribution in [-0.2, 0) is 6.54 Å². The van der Waals surface area contributed by atoms with Gasteiger partial charge in [0.15, 0.2) is 5.01 Å². The first-order valence-electron chi connectivity index (χ1n) is 10.5. The van der Waals surface area contributed by atoms with Gasteiger partial charge in [-0.1, -0.05) is 6.07 Å². The molecular formula is C23H20FN5O3S. The number of nitrogens with zero attached hydrogens (tertiary/aromatic N) is 4. The molecule has 8 nitrogen and oxygen atoms in total. The smallest absolute Gasteiger partial charge is 0.280 e. The fraction of sp³-hybridized carbons (Fsp3) is 0.261. The first-order valence-corrected chi connectivity index (χ1v) is 11.3. The highest BCUT2D eigenvalue weighted by Crippen LogP contribution is 2.30. The van der Waals surface area contributed by atoms with E-state index >= 15 is 0 Å². The number of rotatable bonds is 4. The molecule has 1 saturated heterocycles. The topological polar surface area (TPSA) is 95.5 Å². The molecule has 3 aromatic rings. The van der Waals surface area contributed by atoms with Gasteiger partial charge in [0.05, 0.1) is 11.3 Å². The monoisotopic (exact) mass is 465 g/mol. The van der Waals surface area contributed by atoms with Crippen LogP contribution in [0.4, 0.5) is 10.1 Å². The van der Waals surface area contributed by atoms with Gasteiger partial charge in [-0.2, -0.15) is 0 Å². The standard InChI is InChI=1S/C23H20FN5O3S/c1-28-6-8-29(9-7-28)17-3-2-13(10-16(17)24)11-26-22(32)23-27-18-19(30)15-12-25-5-4-14(15)20(31)21(18)33-23/h2-5,10,12H,6-9,11H2,1H3,(H,26,32). The number of ketones is 2. The van der Waals surface area contributed by atoms with Crippen LogP contribution in [-0.4, -0.2) is 65.6 Å². The highest BCUT2D eigenvalue weighted by molar-refractivity contribution is 7.16. The van der Waals surface area contributed by atoms with Crippen molar-refractivity contribution in [3.63, 3.8) is 0 Å². The average Bonchev–Trinajstić information content (AvgIpc) is 3.28. The number of aromatic nitrogens is 2. The lowest BCUT2D eigenvalue weighted by Crippen LogP contribution is -2.44. The van der Waals surface area contributed by atoms with Gasteiger partial charge >= 0.3 is 0 Å². The number of carbonyl (C=O) groups excluding carboxylic acids is 3. The third-order valence-electron chi connectivity index (χ3n) is 5.86. The summed E-state index contributed by atoms with van der Waals surface area (Å²) in [6.45, 7) is 3.36. The predicted octanol–water partition coefficient (Wildman–Crippen LogP) is 2.13. The molecule has 0 unspecified atom stereocenters. The van der Waals surface area contributed by atoms with E-state index in [1.54, 1.807) is 12.1 Å². The van der Waals surface area contributed by atoms with Gasteiger partial charge in [-0.15, -0.1) is 11.3 Å². The number of halogens is 1. The van der Waals surface area contributed by atoms with Crippen molar-refractivity contribution in [1.29, 1.82) is 0 Å². The van der Waals surface area contributed by atoms with E-state index < -0.39 is 11.7 Å². The van der Waals surface area contributed by atoms with E-state index in [1.165, 1.54) is 24.5 Å². The Bertz CT molecular complexity index is 1230. The molecule has 10 heteroatoms. The van der Waals surface area contributed by atoms with Gasteiger partial charge in [-0.25, -0.2) is 9.37 Å². The number of hydrogen-bond donors (Lipinski definition) is 1. The number of benzene rings is 1. The summed E-state index contributed by atoms with van der Waals surface area (Å²) in [6, 6.07) is 6.41. The Labute approximate surface area is 193 Å². The second-order valence-electron chi connectivity index (χ2n) is 8.04. The summed E-state index contributed by atoms with van der Waals surface area (Å²) < 4.78 is 14.7. The largest absolute Gasteiger partial charge is 0.367 e. The summed E-state index contributed by atoms with van der Waals surface area (Å²) in [6.07, 6.45) is 2.77. The maximum absolute atomic E-state index is 14.7. The zero-order valence-corrected chi connectivity index (χ0v) is 18.6. The van der Waals surface area contributed by atoms with Gasteiger partial charge in [0.2, 0.25) is 11.6 Å². The molecule has 3 heterocycles. The molecule has 33 heavy (non-hydrogen) atoms. The molecular weight excluding hydrogens is 445 g/mol. The van der Waals surface area contributed by atoms with Crippen molar-refractivity contribution in [2.24, 2.45) is 0 Å². The minimum atomic E-state index is -0.527. The molecule has 1 aromatic carbocycles. The maximum Gasteiger partial charge on any atom is 0.280 e. The number of amides is 1. The Morgan fingerprint density at radius 1 is 1.12 bits per heavy atom. The van der Waals surface area contributed by atoms with E-state index in [0.29, 0.717) is 11.3 Å². The SMILES string of the molecule is CN1CCN(c2ccc(CNC(=O)c3nc4c(s3)C(=O)c3ccncc3C4=O)cc2F)CC1. The number of pyridine rings is 1. The molecule has 1 amide bonds. The molecule has 1 fully saturated rings. The fourth-order valence-electron chi connectivity index (χ4n) is 3.97. The zero-order chi connectivity index (χ0) is 23.1. The van der Waals surface area contributed by atoms with Crippen molar-refractivity contribution in [2.75, 3.05) is 38.1 Å². The predicted molar refractivity (Wildman–Crippen MR) is 120 cm³/mol. The van der Waals surface area contributed by atoms with Crippen LogP contribution < -0.4 is 10.2 Å². The minimum Gasteiger partial charge on any atom is -0.367 e. The van der Waals surface area contributed by atoms with Gasteiger partial charge in [0, 0.05) is 50.7 Å². The van der Waals surface area contributed by atoms with Gasteiger partial charge in [-0.3, -0.25) is 19.4 Å². The average molecular weight is 466 g/mol. The fourth-order valence-corrected chi connectivity index (χ4v) is 4.90. The van der Waals surface area contributed by atoms with Crippen LogP contribution in [0.5, 0.6) is 0 Å². The van der Waals surface area contributed by atoms with Crippen molar-refractivity contribution in [3.8, 4) is 0 Å². The number of likely N-dealkylation sites (N-methyl/N-ethyl adjacent to an activating group) is 1. The second kappa shape index (κ2) is 8.45. The van der Waals surface area contributed by atoms with E-state index in [0.717, 1.165) is 37.5 Å². The molecule has 1 N–H and O–H groups in total. The van der Waals surface area contributed by atoms with Crippen LogP contribution in [0.1, 0.15) is 46.7 Å². The van der Waals surface area contributed by atoms with Crippen LogP contribution in [0.2, 0.25) is 0 Å². The molecule has 0 saturated carbocycles. The number of fused-ring (bicyclic) bond motifs is 2. The summed E-state index contributed by atoms with van der Waals surface area (Å²) >= 11 is 0.880. The highest BCUT2D eigenvalue weighted by Gasteiger charge is 2.34. The van der Waals surface area contributed by atoms with Gasteiger partial charge in [0.1, 0.15) is 16.4 Å². The summed E-state index contributed by atoms with van der Waals surface area (Å²) in [5, 5.41) is 2.71. The van der Waals surface area contributed by atoms with Crippen LogP contribution >= 0.6 is 11.3 Å². The Balaban J connectivity index is 1.28. The number of hydrogen-bond acceptors (Lipinski definition) is 8. The minimum absolute atomic E-state index is 0.0111. The lowest BCUT2D eigenvalue weighted by Gasteiger charge is -2.34. The van der Waals surface area contributed by atoms with E-state index in [9.17, 15) is 18.8 Å². The van der Waals surface area contributed by atoms with Crippen molar-refractivity contribution in [1.82, 2.24) is 20.2 Å². The highest BCUT2D eigenvalue weighted by atomic mass is 32.1. The molecule has 5 rings (SSSR count). The number of anilines is 1. The number of piperazine rings is 1. The third-order valence-corrected chi connectivity index (χ3v) is 6.92. The quantitative estimate of drug-likeness (QED) is 0.493. The Morgan fingerprint density at radius 3 is 2.67 bits per heavy atom. The van der Waals surface area contributed by atoms with E-state index in [-0.39, 0.29) is 44.9 Å². The lowest BCUT2D eigenvalue weighted by molar-refractivity contribution is 0.0949. The first kappa shape index (κ1) is 21.4. The summed E-state index contributed by atoms with van der Waals surface area (Å²) in [4.78, 5) is 50.4. The Hall–Kier alpha value is -3.50. The molecule has 0 atom stereocenters. The molecule has 1 aliphatic heterocycles. The maximum atomic E-state index is 14.7. The van der Waals surface area contributed by atoms with Crippen LogP contribution in [0, 0.1) is 5.82 Å². The number of carbonyl (C=O) groups is 3. The van der Waals surface area contributed by atoms with Gasteiger partial charge in [0.25, 0.3) is 5.91 Å². The van der Waals surface area contributed by atoms with E-state index in [1.807, 2.05) is 11.9 Å². The van der Waals surface area contributed by atoms with Crippen molar-refractivity contribution in [3.05, 3.63) is 74.7 Å². The molecule has 168 valence electrons. The number of thiazole rings is 1. The number of nitrogens with one attached hydrogen (secondary N) is 1. The molecule has 2 aliphatic rings.